The molecule has 3 aromatic carbocycles. The van der Waals surface area contributed by atoms with E-state index >= 15 is 0 Å². The Morgan fingerprint density at radius 2 is 1.25 bits per heavy atom. The summed E-state index contributed by atoms with van der Waals surface area (Å²) in [6.45, 7) is 6.91. The van der Waals surface area contributed by atoms with Gasteiger partial charge in [-0.25, -0.2) is 4.79 Å². The van der Waals surface area contributed by atoms with Gasteiger partial charge in [-0.05, 0) is 65.3 Å². The molecule has 0 aromatic heterocycles. The van der Waals surface area contributed by atoms with E-state index in [4.69, 9.17) is 4.74 Å². The van der Waals surface area contributed by atoms with Crippen LogP contribution in [0.2, 0.25) is 0 Å². The van der Waals surface area contributed by atoms with Crippen molar-refractivity contribution in [3.05, 3.63) is 100 Å². The number of amides is 3. The van der Waals surface area contributed by atoms with Crippen molar-refractivity contribution in [2.75, 3.05) is 11.9 Å². The monoisotopic (exact) mass is 536 g/mol. The van der Waals surface area contributed by atoms with E-state index in [0.29, 0.717) is 5.69 Å². The zero-order valence-corrected chi connectivity index (χ0v) is 23.0. The lowest BCUT2D eigenvalue weighted by Crippen LogP contribution is -2.49. The zero-order chi connectivity index (χ0) is 28.3. The van der Waals surface area contributed by atoms with Crippen molar-refractivity contribution in [3.63, 3.8) is 0 Å². The number of nitrogens with one attached hydrogen (secondary N) is 1. The molecule has 204 valence electrons. The van der Waals surface area contributed by atoms with E-state index in [1.54, 1.807) is 13.8 Å². The van der Waals surface area contributed by atoms with E-state index in [-0.39, 0.29) is 23.7 Å². The van der Waals surface area contributed by atoms with Gasteiger partial charge in [0, 0.05) is 17.5 Å². The average molecular weight is 537 g/mol. The molecule has 2 bridgehead atoms. The van der Waals surface area contributed by atoms with Gasteiger partial charge in [0.15, 0.2) is 6.61 Å². The number of nitrogens with zero attached hydrogens (tertiary/aromatic N) is 1. The van der Waals surface area contributed by atoms with Crippen LogP contribution in [0.1, 0.15) is 59.1 Å². The van der Waals surface area contributed by atoms with Crippen LogP contribution in [-0.4, -0.2) is 41.2 Å². The minimum atomic E-state index is -1.12. The first-order valence-corrected chi connectivity index (χ1v) is 13.8. The van der Waals surface area contributed by atoms with Crippen LogP contribution < -0.4 is 5.32 Å². The van der Waals surface area contributed by atoms with Crippen molar-refractivity contribution in [2.45, 2.75) is 45.6 Å². The third-order valence-corrected chi connectivity index (χ3v) is 8.48. The molecule has 40 heavy (non-hydrogen) atoms. The maximum absolute atomic E-state index is 14.1. The molecule has 0 spiro atoms. The lowest BCUT2D eigenvalue weighted by Gasteiger charge is -2.45. The first kappa shape index (κ1) is 26.0. The van der Waals surface area contributed by atoms with Gasteiger partial charge in [-0.1, -0.05) is 68.4 Å². The number of benzene rings is 3. The lowest BCUT2D eigenvalue weighted by atomic mass is 9.55. The number of imide groups is 1. The molecular formula is C33H32N2O5. The number of rotatable bonds is 6. The van der Waals surface area contributed by atoms with E-state index in [9.17, 15) is 19.2 Å². The fourth-order valence-corrected chi connectivity index (χ4v) is 7.12. The Balaban J connectivity index is 1.26. The maximum atomic E-state index is 14.1. The van der Waals surface area contributed by atoms with Gasteiger partial charge in [0.05, 0.1) is 11.8 Å². The predicted octanol–water partition coefficient (Wildman–Crippen LogP) is 4.70. The van der Waals surface area contributed by atoms with Crippen molar-refractivity contribution < 1.29 is 23.9 Å². The van der Waals surface area contributed by atoms with Gasteiger partial charge in [-0.15, -0.1) is 0 Å². The van der Waals surface area contributed by atoms with Crippen molar-refractivity contribution in [1.29, 1.82) is 0 Å². The minimum Gasteiger partial charge on any atom is -0.454 e. The van der Waals surface area contributed by atoms with Crippen molar-refractivity contribution in [1.82, 2.24) is 4.90 Å². The summed E-state index contributed by atoms with van der Waals surface area (Å²) in [4.78, 5) is 55.3. The van der Waals surface area contributed by atoms with E-state index in [1.807, 2.05) is 80.6 Å². The summed E-state index contributed by atoms with van der Waals surface area (Å²) < 4.78 is 5.42. The molecule has 3 amide bonds. The first-order valence-electron chi connectivity index (χ1n) is 13.8. The summed E-state index contributed by atoms with van der Waals surface area (Å²) in [7, 11) is 0. The van der Waals surface area contributed by atoms with E-state index < -0.39 is 42.3 Å². The van der Waals surface area contributed by atoms with Crippen LogP contribution in [0.4, 0.5) is 5.69 Å². The molecule has 3 atom stereocenters. The van der Waals surface area contributed by atoms with E-state index in [1.165, 1.54) is 0 Å². The molecule has 7 heteroatoms. The Morgan fingerprint density at radius 1 is 0.800 bits per heavy atom. The highest BCUT2D eigenvalue weighted by molar-refractivity contribution is 6.10. The highest BCUT2D eigenvalue weighted by atomic mass is 16.5. The summed E-state index contributed by atoms with van der Waals surface area (Å²) in [6, 6.07) is 20.6. The summed E-state index contributed by atoms with van der Waals surface area (Å²) >= 11 is 0. The highest BCUT2D eigenvalue weighted by Gasteiger charge is 2.63. The van der Waals surface area contributed by atoms with Gasteiger partial charge in [-0.3, -0.25) is 19.3 Å². The van der Waals surface area contributed by atoms with Crippen LogP contribution in [0.3, 0.4) is 0 Å². The lowest BCUT2D eigenvalue weighted by molar-refractivity contribution is -0.162. The molecule has 7 rings (SSSR count). The Labute approximate surface area is 233 Å². The number of esters is 1. The Bertz CT molecular complexity index is 1420. The normalized spacial score (nSPS) is 23.0. The Morgan fingerprint density at radius 3 is 1.68 bits per heavy atom. The smallest absolute Gasteiger partial charge is 0.330 e. The number of hydrogen-bond acceptors (Lipinski definition) is 5. The second kappa shape index (κ2) is 9.73. The quantitative estimate of drug-likeness (QED) is 0.364. The van der Waals surface area contributed by atoms with Crippen LogP contribution in [-0.2, 0) is 23.9 Å². The van der Waals surface area contributed by atoms with Gasteiger partial charge >= 0.3 is 5.97 Å². The summed E-state index contributed by atoms with van der Waals surface area (Å²) in [5.41, 5.74) is 6.90. The standard InChI is InChI=1S/C33H32N2O5/c1-17(2)30(33(39)40-16-25(36)34-20-14-18(3)13-19(4)15-20)35-31(37)28-26-21-9-5-6-10-22(21)27(29(28)32(35)38)24-12-8-7-11-23(24)26/h5-15,17,26-30H,16H2,1-4H3,(H,34,36)/t26?,27?,28-,29+,30-/m1/s1. The number of anilines is 1. The fourth-order valence-electron chi connectivity index (χ4n) is 7.12. The Hall–Kier alpha value is -4.26. The van der Waals surface area contributed by atoms with Gasteiger partial charge in [-0.2, -0.15) is 0 Å². The molecule has 3 aromatic rings. The molecule has 4 aliphatic rings. The van der Waals surface area contributed by atoms with E-state index in [0.717, 1.165) is 38.3 Å². The molecule has 0 unspecified atom stereocenters. The third-order valence-electron chi connectivity index (χ3n) is 8.48. The SMILES string of the molecule is Cc1cc(C)cc(NC(=O)COC(=O)[C@@H](C(C)C)N2C(=O)[C@@H]3C4c5ccccc5C(c5ccccc54)[C@@H]3C2=O)c1. The van der Waals surface area contributed by atoms with Crippen LogP contribution in [0, 0.1) is 31.6 Å². The maximum Gasteiger partial charge on any atom is 0.330 e. The first-order chi connectivity index (χ1) is 19.2. The summed E-state index contributed by atoms with van der Waals surface area (Å²) in [6.07, 6.45) is 0. The second-order valence-electron chi connectivity index (χ2n) is 11.5. The number of carbonyl (C=O) groups is 4. The third kappa shape index (κ3) is 4.03. The highest BCUT2D eigenvalue weighted by Crippen LogP contribution is 2.61. The predicted molar refractivity (Wildman–Crippen MR) is 150 cm³/mol. The molecule has 3 aliphatic carbocycles. The molecular weight excluding hydrogens is 504 g/mol. The Kier molecular flexibility index (Phi) is 6.32. The van der Waals surface area contributed by atoms with Crippen LogP contribution in [0.5, 0.6) is 0 Å². The van der Waals surface area contributed by atoms with Crippen LogP contribution in [0.25, 0.3) is 0 Å². The van der Waals surface area contributed by atoms with Crippen molar-refractivity contribution >= 4 is 29.4 Å². The van der Waals surface area contributed by atoms with Crippen molar-refractivity contribution in [3.8, 4) is 0 Å². The number of ether oxygens (including phenoxy) is 1. The summed E-state index contributed by atoms with van der Waals surface area (Å²) in [5.74, 6) is -3.99. The van der Waals surface area contributed by atoms with Crippen LogP contribution >= 0.6 is 0 Å². The second-order valence-corrected chi connectivity index (χ2v) is 11.5. The average Bonchev–Trinajstić information content (AvgIpc) is 3.17. The summed E-state index contributed by atoms with van der Waals surface area (Å²) in [5, 5.41) is 2.75. The molecule has 1 fully saturated rings. The number of likely N-dealkylation sites (tertiary alicyclic amines) is 1. The van der Waals surface area contributed by atoms with Crippen molar-refractivity contribution in [2.24, 2.45) is 17.8 Å². The molecule has 1 N–H and O–H groups in total. The molecule has 1 saturated heterocycles. The molecule has 0 saturated carbocycles. The number of carbonyl (C=O) groups excluding carboxylic acids is 4. The number of aryl methyl sites for hydroxylation is 2. The molecule has 0 radical (unpaired) electrons. The zero-order valence-electron chi connectivity index (χ0n) is 23.0. The van der Waals surface area contributed by atoms with Gasteiger partial charge in [0.25, 0.3) is 5.91 Å². The molecule has 1 aliphatic heterocycles. The minimum absolute atomic E-state index is 0.253. The topological polar surface area (TPSA) is 92.8 Å². The number of hydrogen-bond donors (Lipinski definition) is 1. The van der Waals surface area contributed by atoms with Gasteiger partial charge < -0.3 is 10.1 Å². The van der Waals surface area contributed by atoms with Gasteiger partial charge in [0.2, 0.25) is 11.8 Å². The molecule has 1 heterocycles. The fraction of sp³-hybridized carbons (Fsp3) is 0.333. The van der Waals surface area contributed by atoms with Crippen LogP contribution in [0.15, 0.2) is 66.7 Å². The largest absolute Gasteiger partial charge is 0.454 e. The molecule has 7 nitrogen and oxygen atoms in total. The van der Waals surface area contributed by atoms with E-state index in [2.05, 4.69) is 5.32 Å². The van der Waals surface area contributed by atoms with Gasteiger partial charge in [0.1, 0.15) is 6.04 Å².